The molecule has 1 N–H and O–H groups in total. The number of Topliss-reactive ketones (excluding diaryl/α,β-unsaturated/α-hetero) is 1. The van der Waals surface area contributed by atoms with Crippen LogP contribution in [0.4, 0.5) is 0 Å². The number of hydrogen-bond acceptors (Lipinski definition) is 3. The summed E-state index contributed by atoms with van der Waals surface area (Å²) in [4.78, 5) is 14.5. The van der Waals surface area contributed by atoms with Gasteiger partial charge in [-0.3, -0.25) is 9.69 Å². The molecule has 0 spiro atoms. The van der Waals surface area contributed by atoms with Gasteiger partial charge in [-0.25, -0.2) is 0 Å². The van der Waals surface area contributed by atoms with Crippen molar-refractivity contribution in [2.45, 2.75) is 50.8 Å². The monoisotopic (exact) mass is 295 g/mol. The molecule has 3 unspecified atom stereocenters. The Labute approximate surface area is 125 Å². The maximum Gasteiger partial charge on any atom is 0.179 e. The first-order valence-electron chi connectivity index (χ1n) is 7.20. The van der Waals surface area contributed by atoms with Gasteiger partial charge in [0.15, 0.2) is 5.78 Å². The summed E-state index contributed by atoms with van der Waals surface area (Å²) in [6.45, 7) is 1.90. The third-order valence-electron chi connectivity index (χ3n) is 4.34. The Bertz CT molecular complexity index is 460. The summed E-state index contributed by atoms with van der Waals surface area (Å²) in [5.74, 6) is 0.0712. The Morgan fingerprint density at radius 2 is 1.90 bits per heavy atom. The number of carbonyl (C=O) groups is 1. The number of hydrogen-bond donors (Lipinski definition) is 1. The Morgan fingerprint density at radius 1 is 1.30 bits per heavy atom. The van der Waals surface area contributed by atoms with Crippen LogP contribution in [0, 0.1) is 0 Å². The second-order valence-corrected chi connectivity index (χ2v) is 6.07. The Kier molecular flexibility index (Phi) is 5.19. The number of likely N-dealkylation sites (N-methyl/N-ethyl adjacent to an activating group) is 1. The predicted molar refractivity (Wildman–Crippen MR) is 81.3 cm³/mol. The fourth-order valence-electron chi connectivity index (χ4n) is 2.89. The Balaban J connectivity index is 2.07. The third-order valence-corrected chi connectivity index (χ3v) is 4.59. The highest BCUT2D eigenvalue weighted by atomic mass is 35.5. The van der Waals surface area contributed by atoms with Gasteiger partial charge in [0.25, 0.3) is 0 Å². The van der Waals surface area contributed by atoms with Crippen LogP contribution in [0.2, 0.25) is 5.02 Å². The Hall–Kier alpha value is -0.900. The van der Waals surface area contributed by atoms with Crippen molar-refractivity contribution in [3.8, 4) is 0 Å². The van der Waals surface area contributed by atoms with E-state index in [9.17, 15) is 9.90 Å². The average molecular weight is 296 g/mol. The second-order valence-electron chi connectivity index (χ2n) is 5.63. The zero-order valence-corrected chi connectivity index (χ0v) is 12.8. The van der Waals surface area contributed by atoms with E-state index in [0.29, 0.717) is 10.6 Å². The minimum Gasteiger partial charge on any atom is -0.391 e. The van der Waals surface area contributed by atoms with Crippen LogP contribution >= 0.6 is 11.6 Å². The molecule has 1 fully saturated rings. The van der Waals surface area contributed by atoms with Crippen LogP contribution in [0.3, 0.4) is 0 Å². The highest BCUT2D eigenvalue weighted by Gasteiger charge is 2.31. The summed E-state index contributed by atoms with van der Waals surface area (Å²) >= 11 is 5.84. The number of nitrogens with zero attached hydrogens (tertiary/aromatic N) is 1. The van der Waals surface area contributed by atoms with Gasteiger partial charge < -0.3 is 5.11 Å². The van der Waals surface area contributed by atoms with Crippen LogP contribution in [0.15, 0.2) is 24.3 Å². The van der Waals surface area contributed by atoms with E-state index in [1.807, 2.05) is 18.9 Å². The van der Waals surface area contributed by atoms with Gasteiger partial charge in [-0.05, 0) is 51.1 Å². The van der Waals surface area contributed by atoms with Gasteiger partial charge in [0.1, 0.15) is 0 Å². The maximum absolute atomic E-state index is 12.5. The fourth-order valence-corrected chi connectivity index (χ4v) is 3.02. The first kappa shape index (κ1) is 15.5. The van der Waals surface area contributed by atoms with Crippen LogP contribution in [-0.4, -0.2) is 41.0 Å². The van der Waals surface area contributed by atoms with Crippen molar-refractivity contribution >= 4 is 17.4 Å². The van der Waals surface area contributed by atoms with Gasteiger partial charge in [-0.2, -0.15) is 0 Å². The molecule has 0 aliphatic heterocycles. The highest BCUT2D eigenvalue weighted by molar-refractivity contribution is 6.30. The third kappa shape index (κ3) is 3.40. The summed E-state index contributed by atoms with van der Waals surface area (Å²) in [5.41, 5.74) is 0.666. The molecule has 110 valence electrons. The molecule has 3 nitrogen and oxygen atoms in total. The smallest absolute Gasteiger partial charge is 0.179 e. The molecule has 0 bridgehead atoms. The van der Waals surface area contributed by atoms with E-state index in [1.54, 1.807) is 24.3 Å². The van der Waals surface area contributed by atoms with Crippen molar-refractivity contribution in [2.75, 3.05) is 7.05 Å². The van der Waals surface area contributed by atoms with E-state index in [2.05, 4.69) is 0 Å². The zero-order chi connectivity index (χ0) is 14.7. The number of benzene rings is 1. The van der Waals surface area contributed by atoms with Crippen molar-refractivity contribution in [1.82, 2.24) is 4.90 Å². The quantitative estimate of drug-likeness (QED) is 0.868. The summed E-state index contributed by atoms with van der Waals surface area (Å²) in [5, 5.41) is 10.7. The number of ketones is 1. The largest absolute Gasteiger partial charge is 0.391 e. The molecule has 0 amide bonds. The second kappa shape index (κ2) is 6.70. The average Bonchev–Trinajstić information content (AvgIpc) is 2.46. The number of carbonyl (C=O) groups excluding carboxylic acids is 1. The molecule has 1 saturated carbocycles. The lowest BCUT2D eigenvalue weighted by Gasteiger charge is -2.38. The molecule has 1 aliphatic carbocycles. The topological polar surface area (TPSA) is 40.5 Å². The molecule has 3 atom stereocenters. The van der Waals surface area contributed by atoms with E-state index in [-0.39, 0.29) is 24.0 Å². The first-order chi connectivity index (χ1) is 9.50. The standard InChI is InChI=1S/C16H22ClNO2/c1-11(16(20)12-7-9-13(17)10-8-12)18(2)14-5-3-4-6-15(14)19/h7-11,14-15,19H,3-6H2,1-2H3. The molecule has 20 heavy (non-hydrogen) atoms. The number of aliphatic hydroxyl groups excluding tert-OH is 1. The van der Waals surface area contributed by atoms with Crippen LogP contribution in [0.5, 0.6) is 0 Å². The van der Waals surface area contributed by atoms with Gasteiger partial charge in [0, 0.05) is 16.6 Å². The van der Waals surface area contributed by atoms with E-state index < -0.39 is 0 Å². The van der Waals surface area contributed by atoms with Crippen LogP contribution in [0.1, 0.15) is 43.0 Å². The van der Waals surface area contributed by atoms with Gasteiger partial charge in [-0.1, -0.05) is 24.4 Å². The Morgan fingerprint density at radius 3 is 2.50 bits per heavy atom. The molecule has 1 aromatic carbocycles. The number of halogens is 1. The number of rotatable bonds is 4. The van der Waals surface area contributed by atoms with E-state index in [1.165, 1.54) is 0 Å². The predicted octanol–water partition coefficient (Wildman–Crippen LogP) is 3.15. The van der Waals surface area contributed by atoms with Gasteiger partial charge in [0.05, 0.1) is 12.1 Å². The lowest BCUT2D eigenvalue weighted by molar-refractivity contribution is 0.0171. The first-order valence-corrected chi connectivity index (χ1v) is 7.58. The minimum atomic E-state index is -0.325. The van der Waals surface area contributed by atoms with E-state index >= 15 is 0 Å². The molecule has 2 rings (SSSR count). The molecule has 0 radical (unpaired) electrons. The van der Waals surface area contributed by atoms with Crippen LogP contribution in [0.25, 0.3) is 0 Å². The lowest BCUT2D eigenvalue weighted by Crippen LogP contribution is -2.49. The zero-order valence-electron chi connectivity index (χ0n) is 12.1. The molecule has 0 aromatic heterocycles. The van der Waals surface area contributed by atoms with Gasteiger partial charge >= 0.3 is 0 Å². The normalized spacial score (nSPS) is 24.6. The van der Waals surface area contributed by atoms with Crippen molar-refractivity contribution in [1.29, 1.82) is 0 Å². The molecule has 1 aromatic rings. The summed E-state index contributed by atoms with van der Waals surface area (Å²) in [7, 11) is 1.93. The molecular formula is C16H22ClNO2. The SMILES string of the molecule is CC(C(=O)c1ccc(Cl)cc1)N(C)C1CCCCC1O. The summed E-state index contributed by atoms with van der Waals surface area (Å²) in [6, 6.07) is 6.82. The lowest BCUT2D eigenvalue weighted by atomic mass is 9.90. The summed E-state index contributed by atoms with van der Waals surface area (Å²) in [6.07, 6.45) is 3.65. The van der Waals surface area contributed by atoms with Crippen molar-refractivity contribution in [2.24, 2.45) is 0 Å². The van der Waals surface area contributed by atoms with E-state index in [4.69, 9.17) is 11.6 Å². The molecule has 0 heterocycles. The molecule has 4 heteroatoms. The molecular weight excluding hydrogens is 274 g/mol. The highest BCUT2D eigenvalue weighted by Crippen LogP contribution is 2.24. The van der Waals surface area contributed by atoms with Gasteiger partial charge in [-0.15, -0.1) is 0 Å². The minimum absolute atomic E-state index is 0.0712. The van der Waals surface area contributed by atoms with Gasteiger partial charge in [0.2, 0.25) is 0 Å². The maximum atomic E-state index is 12.5. The number of aliphatic hydroxyl groups is 1. The van der Waals surface area contributed by atoms with Crippen molar-refractivity contribution in [3.63, 3.8) is 0 Å². The van der Waals surface area contributed by atoms with Crippen LogP contribution in [-0.2, 0) is 0 Å². The summed E-state index contributed by atoms with van der Waals surface area (Å²) < 4.78 is 0. The van der Waals surface area contributed by atoms with Crippen molar-refractivity contribution in [3.05, 3.63) is 34.9 Å². The van der Waals surface area contributed by atoms with Crippen LogP contribution < -0.4 is 0 Å². The van der Waals surface area contributed by atoms with Crippen molar-refractivity contribution < 1.29 is 9.90 Å². The fraction of sp³-hybridized carbons (Fsp3) is 0.562. The molecule has 0 saturated heterocycles. The van der Waals surface area contributed by atoms with E-state index in [0.717, 1.165) is 25.7 Å². The molecule has 1 aliphatic rings.